The number of nitrogens with zero attached hydrogens (tertiary/aromatic N) is 2. The molecular weight excluding hydrogens is 314 g/mol. The van der Waals surface area contributed by atoms with Gasteiger partial charge in [0, 0.05) is 19.1 Å². The van der Waals surface area contributed by atoms with Crippen molar-refractivity contribution in [3.8, 4) is 0 Å². The van der Waals surface area contributed by atoms with E-state index in [1.165, 1.54) is 11.1 Å². The smallest absolute Gasteiger partial charge is 0.326 e. The summed E-state index contributed by atoms with van der Waals surface area (Å²) >= 11 is 0. The predicted molar refractivity (Wildman–Crippen MR) is 98.8 cm³/mol. The van der Waals surface area contributed by atoms with Crippen molar-refractivity contribution in [3.63, 3.8) is 0 Å². The molecule has 1 aliphatic heterocycles. The summed E-state index contributed by atoms with van der Waals surface area (Å²) in [4.78, 5) is 17.5. The first kappa shape index (κ1) is 16.1. The number of rotatable bonds is 6. The topological polar surface area (TPSA) is 50.3 Å². The third kappa shape index (κ3) is 3.25. The van der Waals surface area contributed by atoms with Crippen LogP contribution in [0.5, 0.6) is 0 Å². The molecule has 2 heterocycles. The molecule has 0 unspecified atom stereocenters. The van der Waals surface area contributed by atoms with E-state index in [2.05, 4.69) is 35.1 Å². The molecule has 2 aromatic carbocycles. The molecule has 1 atom stereocenters. The number of likely N-dealkylation sites (N-methyl/N-ethyl adjacent to an activating group) is 1. The summed E-state index contributed by atoms with van der Waals surface area (Å²) in [7, 11) is 2.11. The molecule has 0 fully saturated rings. The minimum absolute atomic E-state index is 0.0131. The minimum Gasteiger partial charge on any atom is -0.375 e. The number of para-hydroxylation sites is 1. The van der Waals surface area contributed by atoms with Crippen molar-refractivity contribution < 1.29 is 4.74 Å². The van der Waals surface area contributed by atoms with Gasteiger partial charge in [-0.1, -0.05) is 42.5 Å². The molecule has 130 valence electrons. The monoisotopic (exact) mass is 337 g/mol. The van der Waals surface area contributed by atoms with Crippen LogP contribution in [0.1, 0.15) is 11.1 Å². The summed E-state index contributed by atoms with van der Waals surface area (Å²) in [6.07, 6.45) is 0.962. The summed E-state index contributed by atoms with van der Waals surface area (Å²) in [5.41, 5.74) is 4.43. The largest absolute Gasteiger partial charge is 0.375 e. The van der Waals surface area contributed by atoms with Crippen LogP contribution in [0.15, 0.2) is 53.3 Å². The van der Waals surface area contributed by atoms with Gasteiger partial charge in [-0.25, -0.2) is 4.79 Å². The van der Waals surface area contributed by atoms with Gasteiger partial charge in [-0.2, -0.15) is 0 Å². The van der Waals surface area contributed by atoms with Crippen LogP contribution in [0.4, 0.5) is 0 Å². The van der Waals surface area contributed by atoms with E-state index < -0.39 is 0 Å². The number of H-pyrrole nitrogens is 1. The fraction of sp³-hybridized carbons (Fsp3) is 0.350. The molecule has 0 bridgehead atoms. The maximum atomic E-state index is 12.2. The molecular formula is C20H23N3O2. The van der Waals surface area contributed by atoms with Crippen LogP contribution in [-0.2, 0) is 24.3 Å². The SMILES string of the molecule is CN(CCOCc1ccccc1)[C@@H]1Cc2cccc3[nH]c(=O)n(c23)C1. The Morgan fingerprint density at radius 2 is 2.04 bits per heavy atom. The second-order valence-corrected chi connectivity index (χ2v) is 6.73. The van der Waals surface area contributed by atoms with E-state index in [1.807, 2.05) is 34.9 Å². The molecule has 25 heavy (non-hydrogen) atoms. The Balaban J connectivity index is 1.36. The first-order valence-electron chi connectivity index (χ1n) is 8.74. The van der Waals surface area contributed by atoms with Gasteiger partial charge < -0.3 is 9.72 Å². The second kappa shape index (κ2) is 6.86. The summed E-state index contributed by atoms with van der Waals surface area (Å²) in [6, 6.07) is 16.6. The summed E-state index contributed by atoms with van der Waals surface area (Å²) < 4.78 is 7.68. The van der Waals surface area contributed by atoms with Crippen molar-refractivity contribution in [1.82, 2.24) is 14.5 Å². The highest BCUT2D eigenvalue weighted by molar-refractivity contribution is 5.79. The zero-order valence-electron chi connectivity index (χ0n) is 14.4. The van der Waals surface area contributed by atoms with E-state index in [9.17, 15) is 4.79 Å². The van der Waals surface area contributed by atoms with Gasteiger partial charge in [0.15, 0.2) is 0 Å². The zero-order valence-corrected chi connectivity index (χ0v) is 14.4. The molecule has 1 aromatic heterocycles. The third-order valence-corrected chi connectivity index (χ3v) is 5.05. The number of nitrogens with one attached hydrogen (secondary N) is 1. The highest BCUT2D eigenvalue weighted by Gasteiger charge is 2.25. The lowest BCUT2D eigenvalue weighted by Crippen LogP contribution is -2.42. The Kier molecular flexibility index (Phi) is 4.42. The number of hydrogen-bond acceptors (Lipinski definition) is 3. The Bertz CT molecular complexity index is 914. The number of aromatic nitrogens is 2. The Labute approximate surface area is 146 Å². The van der Waals surface area contributed by atoms with Crippen LogP contribution < -0.4 is 5.69 Å². The lowest BCUT2D eigenvalue weighted by Gasteiger charge is -2.31. The molecule has 0 saturated heterocycles. The summed E-state index contributed by atoms with van der Waals surface area (Å²) in [6.45, 7) is 2.90. The zero-order chi connectivity index (χ0) is 17.2. The van der Waals surface area contributed by atoms with Crippen LogP contribution in [0.3, 0.4) is 0 Å². The van der Waals surface area contributed by atoms with Gasteiger partial charge in [0.25, 0.3) is 0 Å². The van der Waals surface area contributed by atoms with Crippen molar-refractivity contribution in [2.75, 3.05) is 20.2 Å². The van der Waals surface area contributed by atoms with Gasteiger partial charge in [0.1, 0.15) is 0 Å². The van der Waals surface area contributed by atoms with Gasteiger partial charge in [-0.15, -0.1) is 0 Å². The predicted octanol–water partition coefficient (Wildman–Crippen LogP) is 2.40. The van der Waals surface area contributed by atoms with Crippen LogP contribution >= 0.6 is 0 Å². The molecule has 0 saturated carbocycles. The molecule has 0 aliphatic carbocycles. The third-order valence-electron chi connectivity index (χ3n) is 5.05. The molecule has 0 spiro atoms. The van der Waals surface area contributed by atoms with E-state index in [4.69, 9.17) is 4.74 Å². The van der Waals surface area contributed by atoms with Gasteiger partial charge in [0.05, 0.1) is 24.2 Å². The van der Waals surface area contributed by atoms with Crippen LogP contribution in [0.2, 0.25) is 0 Å². The molecule has 1 N–H and O–H groups in total. The molecule has 1 aliphatic rings. The second-order valence-electron chi connectivity index (χ2n) is 6.73. The van der Waals surface area contributed by atoms with Crippen LogP contribution in [0, 0.1) is 0 Å². The maximum Gasteiger partial charge on any atom is 0.326 e. The van der Waals surface area contributed by atoms with Crippen LogP contribution in [-0.4, -0.2) is 40.7 Å². The lowest BCUT2D eigenvalue weighted by atomic mass is 9.99. The maximum absolute atomic E-state index is 12.2. The van der Waals surface area contributed by atoms with E-state index >= 15 is 0 Å². The standard InChI is InChI=1S/C20H23N3O2/c1-22(10-11-25-14-15-6-3-2-4-7-15)17-12-16-8-5-9-18-19(16)23(13-17)20(24)21-18/h2-9,17H,10-14H2,1H3,(H,21,24)/t17-/m1/s1. The molecule has 4 rings (SSSR count). The molecule has 5 nitrogen and oxygen atoms in total. The number of imidazole rings is 1. The van der Waals surface area contributed by atoms with Crippen molar-refractivity contribution >= 4 is 11.0 Å². The fourth-order valence-electron chi connectivity index (χ4n) is 3.61. The fourth-order valence-corrected chi connectivity index (χ4v) is 3.61. The van der Waals surface area contributed by atoms with Gasteiger partial charge in [-0.3, -0.25) is 9.47 Å². The van der Waals surface area contributed by atoms with Crippen molar-refractivity contribution in [2.45, 2.75) is 25.6 Å². The molecule has 5 heteroatoms. The van der Waals surface area contributed by atoms with E-state index in [1.54, 1.807) is 0 Å². The Morgan fingerprint density at radius 3 is 2.88 bits per heavy atom. The van der Waals surface area contributed by atoms with Crippen LogP contribution in [0.25, 0.3) is 11.0 Å². The highest BCUT2D eigenvalue weighted by atomic mass is 16.5. The van der Waals surface area contributed by atoms with Gasteiger partial charge >= 0.3 is 5.69 Å². The number of benzene rings is 2. The Morgan fingerprint density at radius 1 is 1.20 bits per heavy atom. The Hall–Kier alpha value is -2.37. The molecule has 3 aromatic rings. The number of ether oxygens (including phenoxy) is 1. The van der Waals surface area contributed by atoms with Crippen molar-refractivity contribution in [1.29, 1.82) is 0 Å². The summed E-state index contributed by atoms with van der Waals surface area (Å²) in [5.74, 6) is 0. The van der Waals surface area contributed by atoms with Crippen molar-refractivity contribution in [3.05, 3.63) is 70.1 Å². The minimum atomic E-state index is -0.0131. The van der Waals surface area contributed by atoms with Gasteiger partial charge in [-0.05, 0) is 30.7 Å². The summed E-state index contributed by atoms with van der Waals surface area (Å²) in [5, 5.41) is 0. The van der Waals surface area contributed by atoms with E-state index in [-0.39, 0.29) is 5.69 Å². The molecule has 0 amide bonds. The first-order chi connectivity index (χ1) is 12.2. The first-order valence-corrected chi connectivity index (χ1v) is 8.74. The number of hydrogen-bond donors (Lipinski definition) is 1. The normalized spacial score (nSPS) is 16.6. The number of aromatic amines is 1. The lowest BCUT2D eigenvalue weighted by molar-refractivity contribution is 0.0839. The highest BCUT2D eigenvalue weighted by Crippen LogP contribution is 2.24. The average Bonchev–Trinajstić information content (AvgIpc) is 2.97. The average molecular weight is 337 g/mol. The molecule has 0 radical (unpaired) electrons. The quantitative estimate of drug-likeness (QED) is 0.703. The van der Waals surface area contributed by atoms with Gasteiger partial charge in [0.2, 0.25) is 0 Å². The van der Waals surface area contributed by atoms with E-state index in [0.29, 0.717) is 19.3 Å². The van der Waals surface area contributed by atoms with Crippen molar-refractivity contribution in [2.24, 2.45) is 0 Å². The van der Waals surface area contributed by atoms with E-state index in [0.717, 1.165) is 30.5 Å².